The van der Waals surface area contributed by atoms with Crippen LogP contribution in [0.5, 0.6) is 0 Å². The molecule has 0 atom stereocenters. The summed E-state index contributed by atoms with van der Waals surface area (Å²) in [7, 11) is 0. The van der Waals surface area contributed by atoms with Gasteiger partial charge >= 0.3 is 0 Å². The van der Waals surface area contributed by atoms with Gasteiger partial charge in [0.2, 0.25) is 0 Å². The van der Waals surface area contributed by atoms with Crippen LogP contribution >= 0.6 is 39.3 Å². The Balaban J connectivity index is 1.87. The fourth-order valence-electron chi connectivity index (χ4n) is 2.47. The van der Waals surface area contributed by atoms with Crippen molar-refractivity contribution in [1.29, 1.82) is 0 Å². The van der Waals surface area contributed by atoms with Crippen molar-refractivity contribution in [3.8, 4) is 0 Å². The zero-order valence-corrected chi connectivity index (χ0v) is 17.9. The van der Waals surface area contributed by atoms with Gasteiger partial charge in [0.25, 0.3) is 0 Å². The van der Waals surface area contributed by atoms with Crippen LogP contribution in [0.3, 0.4) is 0 Å². The van der Waals surface area contributed by atoms with Crippen molar-refractivity contribution in [3.05, 3.63) is 109 Å². The fraction of sp³-hybridized carbons (Fsp3) is 0.0870. The molecule has 136 valence electrons. The molecule has 0 bridgehead atoms. The molecule has 0 aromatic heterocycles. The van der Waals surface area contributed by atoms with E-state index in [1.807, 2.05) is 30.3 Å². The van der Waals surface area contributed by atoms with Gasteiger partial charge in [0.1, 0.15) is 0 Å². The normalized spacial score (nSPS) is 11.4. The molecule has 3 rings (SSSR count). The number of carbonyl (C=O) groups is 1. The Bertz CT molecular complexity index is 945. The lowest BCUT2D eigenvalue weighted by molar-refractivity contribution is 0.104. The fourth-order valence-corrected chi connectivity index (χ4v) is 3.85. The molecule has 0 heterocycles. The number of aryl methyl sites for hydroxylation is 1. The number of allylic oxidation sites excluding steroid dienone is 1. The van der Waals surface area contributed by atoms with Gasteiger partial charge in [-0.3, -0.25) is 4.79 Å². The maximum atomic E-state index is 13.1. The van der Waals surface area contributed by atoms with Gasteiger partial charge in [-0.1, -0.05) is 69.5 Å². The van der Waals surface area contributed by atoms with Crippen molar-refractivity contribution in [2.75, 3.05) is 0 Å². The van der Waals surface area contributed by atoms with Crippen molar-refractivity contribution < 1.29 is 4.79 Å². The van der Waals surface area contributed by atoms with Crippen LogP contribution in [-0.4, -0.2) is 5.78 Å². The number of Topliss-reactive ketones (excluding diaryl/α,β-unsaturated/α-hetero) is 1. The van der Waals surface area contributed by atoms with Crippen molar-refractivity contribution in [1.82, 2.24) is 0 Å². The summed E-state index contributed by atoms with van der Waals surface area (Å²) in [5, 5.41) is 0.622. The van der Waals surface area contributed by atoms with Crippen molar-refractivity contribution in [2.24, 2.45) is 0 Å². The molecule has 3 aromatic rings. The molecular weight excluding hydrogens is 440 g/mol. The Morgan fingerprint density at radius 3 is 2.22 bits per heavy atom. The molecule has 0 amide bonds. The van der Waals surface area contributed by atoms with Crippen LogP contribution in [0, 0.1) is 6.92 Å². The topological polar surface area (TPSA) is 17.1 Å². The van der Waals surface area contributed by atoms with E-state index in [2.05, 4.69) is 47.1 Å². The average Bonchev–Trinajstić information content (AvgIpc) is 2.68. The Morgan fingerprint density at radius 1 is 0.963 bits per heavy atom. The first kappa shape index (κ1) is 19.9. The van der Waals surface area contributed by atoms with E-state index < -0.39 is 0 Å². The van der Waals surface area contributed by atoms with E-state index in [9.17, 15) is 4.79 Å². The summed E-state index contributed by atoms with van der Waals surface area (Å²) in [4.78, 5) is 13.8. The number of benzene rings is 3. The number of rotatable bonds is 6. The predicted octanol–water partition coefficient (Wildman–Crippen LogP) is 7.57. The molecule has 4 heteroatoms. The third-order valence-electron chi connectivity index (χ3n) is 4.01. The van der Waals surface area contributed by atoms with Crippen molar-refractivity contribution >= 4 is 51.2 Å². The van der Waals surface area contributed by atoms with Crippen LogP contribution in [0.25, 0.3) is 6.08 Å². The summed E-state index contributed by atoms with van der Waals surface area (Å²) >= 11 is 11.0. The summed E-state index contributed by atoms with van der Waals surface area (Å²) in [5.74, 6) is 0.744. The van der Waals surface area contributed by atoms with Crippen molar-refractivity contribution in [2.45, 2.75) is 12.7 Å². The number of thioether (sulfide) groups is 1. The molecule has 0 N–H and O–H groups in total. The Morgan fingerprint density at radius 2 is 1.59 bits per heavy atom. The quantitative estimate of drug-likeness (QED) is 0.280. The number of hydrogen-bond acceptors (Lipinski definition) is 2. The monoisotopic (exact) mass is 456 g/mol. The first-order chi connectivity index (χ1) is 13.0. The molecule has 0 aliphatic rings. The average molecular weight is 458 g/mol. The number of ketones is 1. The number of hydrogen-bond donors (Lipinski definition) is 0. The summed E-state index contributed by atoms with van der Waals surface area (Å²) in [6, 6.07) is 23.4. The molecule has 0 aliphatic carbocycles. The summed E-state index contributed by atoms with van der Waals surface area (Å²) in [6.45, 7) is 2.07. The maximum absolute atomic E-state index is 13.1. The molecule has 0 unspecified atom stereocenters. The first-order valence-electron chi connectivity index (χ1n) is 8.47. The van der Waals surface area contributed by atoms with Gasteiger partial charge in [0, 0.05) is 20.8 Å². The smallest absolute Gasteiger partial charge is 0.199 e. The molecule has 27 heavy (non-hydrogen) atoms. The van der Waals surface area contributed by atoms with E-state index >= 15 is 0 Å². The number of carbonyl (C=O) groups excluding carboxylic acids is 1. The van der Waals surface area contributed by atoms with Crippen LogP contribution < -0.4 is 0 Å². The molecule has 0 saturated heterocycles. The third-order valence-corrected chi connectivity index (χ3v) is 5.89. The standard InChI is InChI=1S/C23H18BrClOS/c1-16-2-4-18(5-3-16)15-27-22(14-17-6-10-20(24)11-7-17)23(26)19-8-12-21(25)13-9-19/h2-14H,15H2,1H3/b22-14+. The van der Waals surface area contributed by atoms with Crippen molar-refractivity contribution in [3.63, 3.8) is 0 Å². The van der Waals surface area contributed by atoms with E-state index in [-0.39, 0.29) is 5.78 Å². The van der Waals surface area contributed by atoms with Gasteiger partial charge in [-0.25, -0.2) is 0 Å². The lowest BCUT2D eigenvalue weighted by atomic mass is 10.1. The lowest BCUT2D eigenvalue weighted by Gasteiger charge is -2.08. The van der Waals surface area contributed by atoms with Gasteiger partial charge in [-0.2, -0.15) is 0 Å². The zero-order chi connectivity index (χ0) is 19.2. The predicted molar refractivity (Wildman–Crippen MR) is 120 cm³/mol. The van der Waals surface area contributed by atoms with Gasteiger partial charge in [-0.15, -0.1) is 11.8 Å². The first-order valence-corrected chi connectivity index (χ1v) is 10.6. The molecular formula is C23H18BrClOS. The minimum Gasteiger partial charge on any atom is -0.288 e. The maximum Gasteiger partial charge on any atom is 0.199 e. The Labute approximate surface area is 177 Å². The van der Waals surface area contributed by atoms with Crippen LogP contribution in [0.4, 0.5) is 0 Å². The van der Waals surface area contributed by atoms with E-state index in [4.69, 9.17) is 11.6 Å². The van der Waals surface area contributed by atoms with Crippen LogP contribution in [-0.2, 0) is 5.75 Å². The largest absolute Gasteiger partial charge is 0.288 e. The van der Waals surface area contributed by atoms with Crippen LogP contribution in [0.1, 0.15) is 27.0 Å². The minimum atomic E-state index is 0.00620. The van der Waals surface area contributed by atoms with E-state index in [0.29, 0.717) is 15.5 Å². The second kappa shape index (κ2) is 9.41. The molecule has 1 nitrogen and oxygen atoms in total. The lowest BCUT2D eigenvalue weighted by Crippen LogP contribution is -2.01. The van der Waals surface area contributed by atoms with Gasteiger partial charge in [0.05, 0.1) is 4.91 Å². The third kappa shape index (κ3) is 5.83. The molecule has 0 saturated carbocycles. The molecule has 0 fully saturated rings. The highest BCUT2D eigenvalue weighted by atomic mass is 79.9. The minimum absolute atomic E-state index is 0.00620. The molecule has 0 aliphatic heterocycles. The highest BCUT2D eigenvalue weighted by molar-refractivity contribution is 9.10. The highest BCUT2D eigenvalue weighted by Gasteiger charge is 2.14. The summed E-state index contributed by atoms with van der Waals surface area (Å²) < 4.78 is 1.01. The number of halogens is 2. The second-order valence-corrected chi connectivity index (χ2v) is 8.54. The van der Waals surface area contributed by atoms with E-state index in [0.717, 1.165) is 15.8 Å². The Hall–Kier alpha value is -1.81. The second-order valence-electron chi connectivity index (χ2n) is 6.17. The van der Waals surface area contributed by atoms with Gasteiger partial charge < -0.3 is 0 Å². The van der Waals surface area contributed by atoms with E-state index in [1.54, 1.807) is 36.0 Å². The van der Waals surface area contributed by atoms with Crippen LogP contribution in [0.2, 0.25) is 5.02 Å². The molecule has 0 spiro atoms. The van der Waals surface area contributed by atoms with Gasteiger partial charge in [-0.05, 0) is 60.5 Å². The zero-order valence-electron chi connectivity index (χ0n) is 14.8. The van der Waals surface area contributed by atoms with E-state index in [1.165, 1.54) is 11.1 Å². The summed E-state index contributed by atoms with van der Waals surface area (Å²) in [6.07, 6.45) is 1.95. The molecule has 0 radical (unpaired) electrons. The SMILES string of the molecule is Cc1ccc(CS/C(=C/c2ccc(Br)cc2)C(=O)c2ccc(Cl)cc2)cc1. The van der Waals surface area contributed by atoms with Gasteiger partial charge in [0.15, 0.2) is 5.78 Å². The Kier molecular flexibility index (Phi) is 6.95. The molecule has 3 aromatic carbocycles. The highest BCUT2D eigenvalue weighted by Crippen LogP contribution is 2.28. The summed E-state index contributed by atoms with van der Waals surface area (Å²) in [5.41, 5.74) is 4.05. The van der Waals surface area contributed by atoms with Crippen LogP contribution in [0.15, 0.2) is 82.2 Å².